The number of hydrogen-bond donors (Lipinski definition) is 1. The maximum absolute atomic E-state index is 12.2. The van der Waals surface area contributed by atoms with Crippen LogP contribution in [-0.4, -0.2) is 32.3 Å². The van der Waals surface area contributed by atoms with Crippen LogP contribution in [0.3, 0.4) is 0 Å². The van der Waals surface area contributed by atoms with Gasteiger partial charge in [-0.15, -0.1) is 0 Å². The van der Waals surface area contributed by atoms with E-state index >= 15 is 0 Å². The highest BCUT2D eigenvalue weighted by atomic mass is 16.6. The molecule has 1 N–H and O–H groups in total. The van der Waals surface area contributed by atoms with Crippen LogP contribution < -0.4 is 5.32 Å². The van der Waals surface area contributed by atoms with Crippen LogP contribution >= 0.6 is 0 Å². The van der Waals surface area contributed by atoms with Gasteiger partial charge in [-0.05, 0) is 12.0 Å². The van der Waals surface area contributed by atoms with Gasteiger partial charge in [-0.2, -0.15) is 0 Å². The molecule has 0 radical (unpaired) electrons. The summed E-state index contributed by atoms with van der Waals surface area (Å²) in [6.07, 6.45) is 6.90. The van der Waals surface area contributed by atoms with E-state index in [0.29, 0.717) is 18.9 Å². The first-order valence-electron chi connectivity index (χ1n) is 7.57. The minimum absolute atomic E-state index is 0.162. The first kappa shape index (κ1) is 15.2. The third kappa shape index (κ3) is 3.39. The highest BCUT2D eigenvalue weighted by molar-refractivity contribution is 5.93. The molecule has 0 aromatic carbocycles. The van der Waals surface area contributed by atoms with Crippen LogP contribution in [0.25, 0.3) is 5.82 Å². The number of nitrogens with one attached hydrogen (secondary N) is 1. The molecule has 120 valence electrons. The van der Waals surface area contributed by atoms with E-state index in [2.05, 4.69) is 20.4 Å². The molecular weight excluding hydrogens is 294 g/mol. The molecule has 0 spiro atoms. The molecule has 1 amide bonds. The van der Waals surface area contributed by atoms with Gasteiger partial charge in [0.05, 0.1) is 5.71 Å². The van der Waals surface area contributed by atoms with Crippen LogP contribution in [0.15, 0.2) is 42.2 Å². The largest absolute Gasteiger partial charge is 0.382 e. The SMILES string of the molecule is CC(C)C1=NO[C@H](C(=O)NCc2cccnc2-n2ccnc2)C1. The normalized spacial score (nSPS) is 17.0. The molecule has 0 saturated heterocycles. The van der Waals surface area contributed by atoms with E-state index in [0.717, 1.165) is 17.1 Å². The average Bonchev–Trinajstić information content (AvgIpc) is 3.24. The Morgan fingerprint density at radius 2 is 2.35 bits per heavy atom. The fraction of sp³-hybridized carbons (Fsp3) is 0.375. The lowest BCUT2D eigenvalue weighted by molar-refractivity contribution is -0.131. The number of hydrogen-bond acceptors (Lipinski definition) is 5. The first-order chi connectivity index (χ1) is 11.1. The van der Waals surface area contributed by atoms with Gasteiger partial charge < -0.3 is 10.2 Å². The lowest BCUT2D eigenvalue weighted by Crippen LogP contribution is -2.34. The molecule has 23 heavy (non-hydrogen) atoms. The molecule has 3 rings (SSSR count). The Balaban J connectivity index is 1.63. The van der Waals surface area contributed by atoms with E-state index < -0.39 is 6.10 Å². The van der Waals surface area contributed by atoms with Gasteiger partial charge >= 0.3 is 0 Å². The van der Waals surface area contributed by atoms with E-state index in [-0.39, 0.29) is 5.91 Å². The van der Waals surface area contributed by atoms with E-state index in [9.17, 15) is 4.79 Å². The molecule has 0 aliphatic carbocycles. The monoisotopic (exact) mass is 313 g/mol. The molecule has 3 heterocycles. The fourth-order valence-electron chi connectivity index (χ4n) is 2.36. The van der Waals surface area contributed by atoms with Gasteiger partial charge in [0, 0.05) is 37.1 Å². The number of carbonyl (C=O) groups is 1. The molecule has 0 fully saturated rings. The quantitative estimate of drug-likeness (QED) is 0.910. The van der Waals surface area contributed by atoms with Crippen molar-refractivity contribution in [3.8, 4) is 5.82 Å². The molecule has 1 atom stereocenters. The van der Waals surface area contributed by atoms with Gasteiger partial charge in [0.25, 0.3) is 5.91 Å². The van der Waals surface area contributed by atoms with Gasteiger partial charge in [0.15, 0.2) is 0 Å². The Kier molecular flexibility index (Phi) is 4.36. The topological polar surface area (TPSA) is 81.4 Å². The highest BCUT2D eigenvalue weighted by Gasteiger charge is 2.29. The summed E-state index contributed by atoms with van der Waals surface area (Å²) < 4.78 is 1.81. The standard InChI is InChI=1S/C16H19N5O2/c1-11(2)13-8-14(23-20-13)16(22)19-9-12-4-3-5-18-15(12)21-7-6-17-10-21/h3-7,10-11,14H,8-9H2,1-2H3,(H,19,22)/t14-/m0/s1. The Hall–Kier alpha value is -2.70. The van der Waals surface area contributed by atoms with Crippen LogP contribution in [0.2, 0.25) is 0 Å². The summed E-state index contributed by atoms with van der Waals surface area (Å²) in [4.78, 5) is 25.8. The van der Waals surface area contributed by atoms with E-state index in [1.807, 2.05) is 36.7 Å². The van der Waals surface area contributed by atoms with Crippen molar-refractivity contribution in [3.63, 3.8) is 0 Å². The van der Waals surface area contributed by atoms with Crippen molar-refractivity contribution < 1.29 is 9.63 Å². The summed E-state index contributed by atoms with van der Waals surface area (Å²) in [5.74, 6) is 0.876. The third-order valence-corrected chi connectivity index (χ3v) is 3.72. The van der Waals surface area contributed by atoms with Crippen molar-refractivity contribution in [1.29, 1.82) is 0 Å². The lowest BCUT2D eigenvalue weighted by atomic mass is 10.0. The number of pyridine rings is 1. The van der Waals surface area contributed by atoms with Crippen molar-refractivity contribution in [2.45, 2.75) is 32.9 Å². The Morgan fingerprint density at radius 3 is 3.04 bits per heavy atom. The summed E-state index contributed by atoms with van der Waals surface area (Å²) in [7, 11) is 0. The zero-order chi connectivity index (χ0) is 16.2. The molecule has 0 bridgehead atoms. The van der Waals surface area contributed by atoms with Gasteiger partial charge in [0.2, 0.25) is 6.10 Å². The zero-order valence-electron chi connectivity index (χ0n) is 13.1. The minimum Gasteiger partial charge on any atom is -0.382 e. The summed E-state index contributed by atoms with van der Waals surface area (Å²) in [6.45, 7) is 4.45. The lowest BCUT2D eigenvalue weighted by Gasteiger charge is -2.12. The number of carbonyl (C=O) groups excluding carboxylic acids is 1. The average molecular weight is 313 g/mol. The van der Waals surface area contributed by atoms with Crippen LogP contribution in [0.5, 0.6) is 0 Å². The van der Waals surface area contributed by atoms with Crippen LogP contribution in [0.4, 0.5) is 0 Å². The minimum atomic E-state index is -0.541. The van der Waals surface area contributed by atoms with Crippen molar-refractivity contribution in [2.24, 2.45) is 11.1 Å². The van der Waals surface area contributed by atoms with Gasteiger partial charge in [-0.25, -0.2) is 9.97 Å². The molecule has 7 nitrogen and oxygen atoms in total. The van der Waals surface area contributed by atoms with Crippen LogP contribution in [-0.2, 0) is 16.2 Å². The Morgan fingerprint density at radius 1 is 1.48 bits per heavy atom. The molecular formula is C16H19N5O2. The Labute approximate surface area is 134 Å². The van der Waals surface area contributed by atoms with Crippen LogP contribution in [0, 0.1) is 5.92 Å². The van der Waals surface area contributed by atoms with Crippen LogP contribution in [0.1, 0.15) is 25.8 Å². The second-order valence-corrected chi connectivity index (χ2v) is 5.71. The molecule has 2 aromatic heterocycles. The van der Waals surface area contributed by atoms with Crippen molar-refractivity contribution in [1.82, 2.24) is 19.9 Å². The van der Waals surface area contributed by atoms with Gasteiger partial charge in [-0.1, -0.05) is 25.1 Å². The number of amides is 1. The fourth-order valence-corrected chi connectivity index (χ4v) is 2.36. The predicted octanol–water partition coefficient (Wildman–Crippen LogP) is 1.68. The third-order valence-electron chi connectivity index (χ3n) is 3.72. The van der Waals surface area contributed by atoms with Gasteiger partial charge in [-0.3, -0.25) is 9.36 Å². The second-order valence-electron chi connectivity index (χ2n) is 5.71. The molecule has 0 saturated carbocycles. The number of nitrogens with zero attached hydrogens (tertiary/aromatic N) is 4. The number of oxime groups is 1. The molecule has 1 aliphatic rings. The highest BCUT2D eigenvalue weighted by Crippen LogP contribution is 2.16. The molecule has 1 aliphatic heterocycles. The summed E-state index contributed by atoms with van der Waals surface area (Å²) in [6, 6.07) is 3.77. The molecule has 7 heteroatoms. The predicted molar refractivity (Wildman–Crippen MR) is 85.0 cm³/mol. The number of imidazole rings is 1. The smallest absolute Gasteiger partial charge is 0.264 e. The maximum Gasteiger partial charge on any atom is 0.264 e. The van der Waals surface area contributed by atoms with Gasteiger partial charge in [0.1, 0.15) is 12.1 Å². The van der Waals surface area contributed by atoms with Crippen molar-refractivity contribution >= 4 is 11.6 Å². The summed E-state index contributed by atoms with van der Waals surface area (Å²) in [5.41, 5.74) is 1.83. The van der Waals surface area contributed by atoms with E-state index in [1.54, 1.807) is 18.7 Å². The Bertz CT molecular complexity index is 709. The summed E-state index contributed by atoms with van der Waals surface area (Å²) in [5, 5.41) is 6.87. The van der Waals surface area contributed by atoms with Crippen molar-refractivity contribution in [2.75, 3.05) is 0 Å². The first-order valence-corrected chi connectivity index (χ1v) is 7.57. The second kappa shape index (κ2) is 6.60. The summed E-state index contributed by atoms with van der Waals surface area (Å²) >= 11 is 0. The number of aromatic nitrogens is 3. The number of rotatable bonds is 5. The zero-order valence-corrected chi connectivity index (χ0v) is 13.1. The van der Waals surface area contributed by atoms with E-state index in [1.165, 1.54) is 0 Å². The van der Waals surface area contributed by atoms with Crippen molar-refractivity contribution in [3.05, 3.63) is 42.6 Å². The van der Waals surface area contributed by atoms with E-state index in [4.69, 9.17) is 4.84 Å². The molecule has 2 aromatic rings. The maximum atomic E-state index is 12.2. The molecule has 0 unspecified atom stereocenters.